The maximum Gasteiger partial charge on any atom is 0.305 e. The Kier molecular flexibility index (Phi) is 7.30. The van der Waals surface area contributed by atoms with Gasteiger partial charge in [-0.1, -0.05) is 6.08 Å². The Bertz CT molecular complexity index is 154. The van der Waals surface area contributed by atoms with E-state index in [9.17, 15) is 4.79 Å². The minimum absolute atomic E-state index is 0.157. The van der Waals surface area contributed by atoms with Crippen molar-refractivity contribution < 1.29 is 14.6 Å². The first-order valence-electron chi connectivity index (χ1n) is 4.67. The summed E-state index contributed by atoms with van der Waals surface area (Å²) in [6.45, 7) is 5.69. The molecule has 0 aliphatic heterocycles. The number of esters is 1. The van der Waals surface area contributed by atoms with Gasteiger partial charge in [-0.05, 0) is 26.2 Å². The van der Waals surface area contributed by atoms with Gasteiger partial charge in [-0.3, -0.25) is 4.79 Å². The van der Waals surface area contributed by atoms with Crippen molar-refractivity contribution in [3.05, 3.63) is 12.7 Å². The van der Waals surface area contributed by atoms with Crippen molar-refractivity contribution in [3.63, 3.8) is 0 Å². The lowest BCUT2D eigenvalue weighted by Crippen LogP contribution is -2.05. The Hall–Kier alpha value is -0.830. The third-order valence-electron chi connectivity index (χ3n) is 1.71. The number of aliphatic hydroxyl groups excluding tert-OH is 1. The molecule has 0 saturated heterocycles. The number of hydrogen-bond donors (Lipinski definition) is 1. The predicted octanol–water partition coefficient (Wildman–Crippen LogP) is 1.66. The van der Waals surface area contributed by atoms with Crippen LogP contribution in [0.4, 0.5) is 0 Å². The quantitative estimate of drug-likeness (QED) is 0.373. The smallest absolute Gasteiger partial charge is 0.305 e. The van der Waals surface area contributed by atoms with Crippen LogP contribution < -0.4 is 0 Å². The topological polar surface area (TPSA) is 46.5 Å². The van der Waals surface area contributed by atoms with Crippen LogP contribution in [-0.2, 0) is 9.53 Å². The van der Waals surface area contributed by atoms with Gasteiger partial charge in [-0.25, -0.2) is 0 Å². The molecule has 0 aromatic carbocycles. The number of rotatable bonds is 7. The van der Waals surface area contributed by atoms with Gasteiger partial charge in [0, 0.05) is 6.42 Å². The van der Waals surface area contributed by atoms with Crippen molar-refractivity contribution in [1.82, 2.24) is 0 Å². The molecule has 0 amide bonds. The molecule has 0 rings (SSSR count). The minimum atomic E-state index is -0.442. The molecule has 0 aromatic heterocycles. The standard InChI is InChI=1S/C10H18O3/c1-3-9(11)7-5-6-8-10(12)13-4-2/h3,9,11H,1,4-8H2,2H3/t9-/m1/s1. The third-order valence-corrected chi connectivity index (χ3v) is 1.71. The molecule has 0 aromatic rings. The van der Waals surface area contributed by atoms with Crippen LogP contribution in [-0.4, -0.2) is 23.8 Å². The van der Waals surface area contributed by atoms with Crippen molar-refractivity contribution in [2.45, 2.75) is 38.7 Å². The number of carbonyl (C=O) groups excluding carboxylic acids is 1. The average molecular weight is 186 g/mol. The summed E-state index contributed by atoms with van der Waals surface area (Å²) >= 11 is 0. The fourth-order valence-corrected chi connectivity index (χ4v) is 0.974. The SMILES string of the molecule is C=C[C@@H](O)CCCCC(=O)OCC. The highest BCUT2D eigenvalue weighted by molar-refractivity contribution is 5.69. The van der Waals surface area contributed by atoms with Crippen LogP contribution in [0.15, 0.2) is 12.7 Å². The molecule has 0 spiro atoms. The van der Waals surface area contributed by atoms with Crippen molar-refractivity contribution >= 4 is 5.97 Å². The normalized spacial score (nSPS) is 12.2. The lowest BCUT2D eigenvalue weighted by atomic mass is 10.1. The highest BCUT2D eigenvalue weighted by Gasteiger charge is 2.02. The van der Waals surface area contributed by atoms with Crippen LogP contribution in [0.5, 0.6) is 0 Å². The summed E-state index contributed by atoms with van der Waals surface area (Å²) in [5, 5.41) is 9.09. The second-order valence-corrected chi connectivity index (χ2v) is 2.85. The maximum atomic E-state index is 10.9. The largest absolute Gasteiger partial charge is 0.466 e. The van der Waals surface area contributed by atoms with Crippen LogP contribution >= 0.6 is 0 Å². The zero-order chi connectivity index (χ0) is 10.1. The predicted molar refractivity (Wildman–Crippen MR) is 51.3 cm³/mol. The molecule has 76 valence electrons. The number of ether oxygens (including phenoxy) is 1. The molecular formula is C10H18O3. The summed E-state index contributed by atoms with van der Waals surface area (Å²) in [7, 11) is 0. The Balaban J connectivity index is 3.25. The van der Waals surface area contributed by atoms with Gasteiger partial charge < -0.3 is 9.84 Å². The fourth-order valence-electron chi connectivity index (χ4n) is 0.974. The van der Waals surface area contributed by atoms with E-state index < -0.39 is 6.10 Å². The zero-order valence-electron chi connectivity index (χ0n) is 8.16. The van der Waals surface area contributed by atoms with Crippen molar-refractivity contribution in [1.29, 1.82) is 0 Å². The number of carbonyl (C=O) groups is 1. The van der Waals surface area contributed by atoms with Gasteiger partial charge in [0.25, 0.3) is 0 Å². The van der Waals surface area contributed by atoms with E-state index in [0.29, 0.717) is 19.4 Å². The Morgan fingerprint density at radius 1 is 1.62 bits per heavy atom. The Morgan fingerprint density at radius 3 is 2.85 bits per heavy atom. The third kappa shape index (κ3) is 7.53. The summed E-state index contributed by atoms with van der Waals surface area (Å²) in [4.78, 5) is 10.9. The molecule has 0 saturated carbocycles. The molecule has 13 heavy (non-hydrogen) atoms. The number of aliphatic hydroxyl groups is 1. The summed E-state index contributed by atoms with van der Waals surface area (Å²) in [5.41, 5.74) is 0. The van der Waals surface area contributed by atoms with Crippen molar-refractivity contribution in [3.8, 4) is 0 Å². The van der Waals surface area contributed by atoms with Crippen LogP contribution in [0, 0.1) is 0 Å². The van der Waals surface area contributed by atoms with E-state index in [1.165, 1.54) is 6.08 Å². The number of unbranched alkanes of at least 4 members (excludes halogenated alkanes) is 1. The second-order valence-electron chi connectivity index (χ2n) is 2.85. The highest BCUT2D eigenvalue weighted by Crippen LogP contribution is 2.04. The van der Waals surface area contributed by atoms with Gasteiger partial charge in [-0.15, -0.1) is 6.58 Å². The van der Waals surface area contributed by atoms with Gasteiger partial charge in [0.1, 0.15) is 0 Å². The van der Waals surface area contributed by atoms with E-state index in [1.54, 1.807) is 6.92 Å². The van der Waals surface area contributed by atoms with Gasteiger partial charge >= 0.3 is 5.97 Å². The first-order valence-corrected chi connectivity index (χ1v) is 4.67. The van der Waals surface area contributed by atoms with Gasteiger partial charge in [0.15, 0.2) is 0 Å². The van der Waals surface area contributed by atoms with E-state index in [0.717, 1.165) is 12.8 Å². The van der Waals surface area contributed by atoms with Gasteiger partial charge in [-0.2, -0.15) is 0 Å². The van der Waals surface area contributed by atoms with E-state index in [-0.39, 0.29) is 5.97 Å². The second kappa shape index (κ2) is 7.80. The van der Waals surface area contributed by atoms with Crippen molar-refractivity contribution in [2.75, 3.05) is 6.61 Å². The fraction of sp³-hybridized carbons (Fsp3) is 0.700. The molecule has 0 bridgehead atoms. The lowest BCUT2D eigenvalue weighted by molar-refractivity contribution is -0.143. The Labute approximate surface area is 79.4 Å². The molecule has 0 fully saturated rings. The molecular weight excluding hydrogens is 168 g/mol. The van der Waals surface area contributed by atoms with Crippen LogP contribution in [0.2, 0.25) is 0 Å². The van der Waals surface area contributed by atoms with E-state index in [1.807, 2.05) is 0 Å². The van der Waals surface area contributed by atoms with Crippen molar-refractivity contribution in [2.24, 2.45) is 0 Å². The minimum Gasteiger partial charge on any atom is -0.466 e. The molecule has 0 aliphatic rings. The van der Waals surface area contributed by atoms with E-state index in [4.69, 9.17) is 9.84 Å². The van der Waals surface area contributed by atoms with E-state index >= 15 is 0 Å². The van der Waals surface area contributed by atoms with Gasteiger partial charge in [0.2, 0.25) is 0 Å². The molecule has 1 N–H and O–H groups in total. The Morgan fingerprint density at radius 2 is 2.31 bits per heavy atom. The van der Waals surface area contributed by atoms with Gasteiger partial charge in [0.05, 0.1) is 12.7 Å². The molecule has 0 radical (unpaired) electrons. The first kappa shape index (κ1) is 12.2. The monoisotopic (exact) mass is 186 g/mol. The molecule has 0 unspecified atom stereocenters. The van der Waals surface area contributed by atoms with Crippen LogP contribution in [0.3, 0.4) is 0 Å². The molecule has 3 nitrogen and oxygen atoms in total. The average Bonchev–Trinajstić information content (AvgIpc) is 2.12. The zero-order valence-corrected chi connectivity index (χ0v) is 8.16. The summed E-state index contributed by atoms with van der Waals surface area (Å²) in [6.07, 6.45) is 3.77. The lowest BCUT2D eigenvalue weighted by Gasteiger charge is -2.04. The summed E-state index contributed by atoms with van der Waals surface area (Å²) < 4.78 is 4.75. The van der Waals surface area contributed by atoms with Crippen LogP contribution in [0.1, 0.15) is 32.6 Å². The first-order chi connectivity index (χ1) is 6.20. The molecule has 0 aliphatic carbocycles. The summed E-state index contributed by atoms with van der Waals surface area (Å²) in [6, 6.07) is 0. The molecule has 1 atom stereocenters. The molecule has 0 heterocycles. The maximum absolute atomic E-state index is 10.9. The van der Waals surface area contributed by atoms with E-state index in [2.05, 4.69) is 6.58 Å². The summed E-state index contributed by atoms with van der Waals surface area (Å²) in [5.74, 6) is -0.157. The highest BCUT2D eigenvalue weighted by atomic mass is 16.5. The number of hydrogen-bond acceptors (Lipinski definition) is 3. The van der Waals surface area contributed by atoms with Crippen LogP contribution in [0.25, 0.3) is 0 Å². The molecule has 3 heteroatoms.